The van der Waals surface area contributed by atoms with Crippen molar-refractivity contribution >= 4 is 22.5 Å². The molecule has 3 rings (SSSR count). The predicted octanol–water partition coefficient (Wildman–Crippen LogP) is 2.33. The number of nitrogens with two attached hydrogens (primary N) is 1. The maximum Gasteiger partial charge on any atom is 0.134 e. The number of rotatable bonds is 2. The molecule has 0 aliphatic carbocycles. The second-order valence-corrected chi connectivity index (χ2v) is 4.30. The van der Waals surface area contributed by atoms with Crippen molar-refractivity contribution in [1.29, 1.82) is 0 Å². The lowest BCUT2D eigenvalue weighted by atomic mass is 10.2. The molecule has 1 atom stereocenters. The van der Waals surface area contributed by atoms with Gasteiger partial charge < -0.3 is 10.2 Å². The summed E-state index contributed by atoms with van der Waals surface area (Å²) in [6.45, 7) is 0. The SMILES string of the molecule is NC(c1cc2ccccc2o1)c1cnns1. The molecule has 1 unspecified atom stereocenters. The molecule has 2 heterocycles. The van der Waals surface area contributed by atoms with E-state index in [1.807, 2.05) is 30.3 Å². The molecule has 5 heteroatoms. The Bertz CT molecular complexity index is 570. The third-order valence-corrected chi connectivity index (χ3v) is 3.18. The van der Waals surface area contributed by atoms with Crippen molar-refractivity contribution in [1.82, 2.24) is 9.59 Å². The number of fused-ring (bicyclic) bond motifs is 1. The molecule has 0 saturated carbocycles. The zero-order valence-electron chi connectivity index (χ0n) is 8.33. The first kappa shape index (κ1) is 9.50. The highest BCUT2D eigenvalue weighted by atomic mass is 32.1. The van der Waals surface area contributed by atoms with Gasteiger partial charge in [0.1, 0.15) is 17.4 Å². The molecule has 80 valence electrons. The standard InChI is InChI=1S/C11H9N3OS/c12-11(10-6-13-14-16-10)9-5-7-3-1-2-4-8(7)15-9/h1-6,11H,12H2. The van der Waals surface area contributed by atoms with Crippen molar-refractivity contribution < 1.29 is 4.42 Å². The van der Waals surface area contributed by atoms with Gasteiger partial charge in [0, 0.05) is 5.39 Å². The predicted molar refractivity (Wildman–Crippen MR) is 62.2 cm³/mol. The Hall–Kier alpha value is -1.72. The fourth-order valence-electron chi connectivity index (χ4n) is 1.61. The average molecular weight is 231 g/mol. The van der Waals surface area contributed by atoms with Gasteiger partial charge >= 0.3 is 0 Å². The summed E-state index contributed by atoms with van der Waals surface area (Å²) in [5.41, 5.74) is 6.91. The molecule has 0 bridgehead atoms. The number of furan rings is 1. The number of hydrogen-bond acceptors (Lipinski definition) is 5. The molecule has 3 aromatic rings. The number of hydrogen-bond donors (Lipinski definition) is 1. The monoisotopic (exact) mass is 231 g/mol. The number of nitrogens with zero attached hydrogens (tertiary/aromatic N) is 2. The van der Waals surface area contributed by atoms with Crippen LogP contribution in [-0.4, -0.2) is 9.59 Å². The summed E-state index contributed by atoms with van der Waals surface area (Å²) in [7, 11) is 0. The van der Waals surface area contributed by atoms with E-state index in [-0.39, 0.29) is 6.04 Å². The lowest BCUT2D eigenvalue weighted by Gasteiger charge is -2.02. The molecule has 0 radical (unpaired) electrons. The van der Waals surface area contributed by atoms with E-state index in [0.717, 1.165) is 21.6 Å². The second-order valence-electron chi connectivity index (χ2n) is 3.48. The van der Waals surface area contributed by atoms with Gasteiger partial charge in [-0.15, -0.1) is 5.10 Å². The van der Waals surface area contributed by atoms with Gasteiger partial charge in [0.15, 0.2) is 0 Å². The molecule has 4 nitrogen and oxygen atoms in total. The van der Waals surface area contributed by atoms with E-state index in [1.165, 1.54) is 11.5 Å². The first-order valence-corrected chi connectivity index (χ1v) is 5.63. The van der Waals surface area contributed by atoms with E-state index < -0.39 is 0 Å². The molecule has 16 heavy (non-hydrogen) atoms. The van der Waals surface area contributed by atoms with Gasteiger partial charge in [0.2, 0.25) is 0 Å². The molecular weight excluding hydrogens is 222 g/mol. The van der Waals surface area contributed by atoms with Crippen molar-refractivity contribution in [3.05, 3.63) is 47.2 Å². The summed E-state index contributed by atoms with van der Waals surface area (Å²) in [4.78, 5) is 0.902. The van der Waals surface area contributed by atoms with E-state index in [2.05, 4.69) is 9.59 Å². The molecule has 1 aromatic carbocycles. The highest BCUT2D eigenvalue weighted by molar-refractivity contribution is 7.05. The van der Waals surface area contributed by atoms with Crippen LogP contribution in [0, 0.1) is 0 Å². The lowest BCUT2D eigenvalue weighted by molar-refractivity contribution is 0.527. The van der Waals surface area contributed by atoms with Gasteiger partial charge in [-0.25, -0.2) is 0 Å². The molecule has 0 amide bonds. The summed E-state index contributed by atoms with van der Waals surface area (Å²) in [6.07, 6.45) is 1.67. The van der Waals surface area contributed by atoms with Crippen molar-refractivity contribution in [2.24, 2.45) is 5.73 Å². The number of aromatic nitrogens is 2. The number of para-hydroxylation sites is 1. The van der Waals surface area contributed by atoms with Crippen LogP contribution in [0.1, 0.15) is 16.7 Å². The maximum atomic E-state index is 6.06. The maximum absolute atomic E-state index is 6.06. The molecule has 2 aromatic heterocycles. The van der Waals surface area contributed by atoms with Gasteiger partial charge in [-0.2, -0.15) is 0 Å². The summed E-state index contributed by atoms with van der Waals surface area (Å²) in [5.74, 6) is 0.743. The van der Waals surface area contributed by atoms with Crippen LogP contribution in [0.2, 0.25) is 0 Å². The molecule has 0 aliphatic heterocycles. The van der Waals surface area contributed by atoms with Crippen LogP contribution >= 0.6 is 11.5 Å². The van der Waals surface area contributed by atoms with Crippen LogP contribution in [-0.2, 0) is 0 Å². The Morgan fingerprint density at radius 1 is 1.31 bits per heavy atom. The smallest absolute Gasteiger partial charge is 0.134 e. The van der Waals surface area contributed by atoms with Crippen molar-refractivity contribution in [2.75, 3.05) is 0 Å². The minimum Gasteiger partial charge on any atom is -0.459 e. The Balaban J connectivity index is 2.06. The largest absolute Gasteiger partial charge is 0.459 e. The minimum absolute atomic E-state index is 0.285. The number of benzene rings is 1. The van der Waals surface area contributed by atoms with Crippen LogP contribution in [0.3, 0.4) is 0 Å². The van der Waals surface area contributed by atoms with E-state index in [0.29, 0.717) is 0 Å². The molecule has 0 spiro atoms. The zero-order valence-corrected chi connectivity index (χ0v) is 9.15. The van der Waals surface area contributed by atoms with E-state index in [1.54, 1.807) is 6.20 Å². The molecule has 2 N–H and O–H groups in total. The minimum atomic E-state index is -0.285. The van der Waals surface area contributed by atoms with Gasteiger partial charge in [0.05, 0.1) is 11.1 Å². The molecule has 0 saturated heterocycles. The van der Waals surface area contributed by atoms with Gasteiger partial charge in [0.25, 0.3) is 0 Å². The van der Waals surface area contributed by atoms with Gasteiger partial charge in [-0.3, -0.25) is 0 Å². The summed E-state index contributed by atoms with van der Waals surface area (Å²) in [5, 5.41) is 4.83. The Labute approximate surface area is 95.9 Å². The highest BCUT2D eigenvalue weighted by Crippen LogP contribution is 2.27. The Kier molecular flexibility index (Phi) is 2.19. The van der Waals surface area contributed by atoms with Crippen molar-refractivity contribution in [3.8, 4) is 0 Å². The third kappa shape index (κ3) is 1.50. The third-order valence-electron chi connectivity index (χ3n) is 2.44. The first-order chi connectivity index (χ1) is 7.84. The quantitative estimate of drug-likeness (QED) is 0.735. The Morgan fingerprint density at radius 3 is 2.94 bits per heavy atom. The molecule has 0 fully saturated rings. The summed E-state index contributed by atoms with van der Waals surface area (Å²) in [6, 6.07) is 9.51. The van der Waals surface area contributed by atoms with Crippen LogP contribution in [0.15, 0.2) is 40.9 Å². The van der Waals surface area contributed by atoms with Crippen LogP contribution in [0.5, 0.6) is 0 Å². The fourth-order valence-corrected chi connectivity index (χ4v) is 2.12. The van der Waals surface area contributed by atoms with E-state index in [4.69, 9.17) is 10.2 Å². The normalized spacial score (nSPS) is 13.1. The highest BCUT2D eigenvalue weighted by Gasteiger charge is 2.15. The van der Waals surface area contributed by atoms with E-state index >= 15 is 0 Å². The average Bonchev–Trinajstić information content (AvgIpc) is 2.97. The zero-order chi connectivity index (χ0) is 11.0. The fraction of sp³-hybridized carbons (Fsp3) is 0.0909. The topological polar surface area (TPSA) is 64.9 Å². The van der Waals surface area contributed by atoms with Crippen LogP contribution in [0.4, 0.5) is 0 Å². The molecular formula is C11H9N3OS. The molecule has 0 aliphatic rings. The first-order valence-electron chi connectivity index (χ1n) is 4.86. The van der Waals surface area contributed by atoms with Gasteiger partial charge in [-0.1, -0.05) is 22.7 Å². The van der Waals surface area contributed by atoms with Crippen molar-refractivity contribution in [2.45, 2.75) is 6.04 Å². The Morgan fingerprint density at radius 2 is 2.19 bits per heavy atom. The van der Waals surface area contributed by atoms with E-state index in [9.17, 15) is 0 Å². The van der Waals surface area contributed by atoms with Gasteiger partial charge in [-0.05, 0) is 23.7 Å². The summed E-state index contributed by atoms with van der Waals surface area (Å²) < 4.78 is 9.47. The van der Waals surface area contributed by atoms with Crippen LogP contribution in [0.25, 0.3) is 11.0 Å². The van der Waals surface area contributed by atoms with Crippen LogP contribution < -0.4 is 5.73 Å². The lowest BCUT2D eigenvalue weighted by Crippen LogP contribution is -2.08. The van der Waals surface area contributed by atoms with Crippen molar-refractivity contribution in [3.63, 3.8) is 0 Å². The summed E-state index contributed by atoms with van der Waals surface area (Å²) >= 11 is 1.29. The second kappa shape index (κ2) is 3.70.